The Hall–Kier alpha value is -1.88. The fourth-order valence-corrected chi connectivity index (χ4v) is 2.23. The van der Waals surface area contributed by atoms with Crippen LogP contribution < -0.4 is 15.2 Å². The molecule has 88 valence electrons. The summed E-state index contributed by atoms with van der Waals surface area (Å²) >= 11 is 6.20. The number of nitrogens with two attached hydrogens (primary N) is 1. The van der Waals surface area contributed by atoms with E-state index in [9.17, 15) is 0 Å². The summed E-state index contributed by atoms with van der Waals surface area (Å²) in [5, 5.41) is 4.38. The molecule has 1 aliphatic heterocycles. The number of nitrogens with zero attached hydrogens (tertiary/aromatic N) is 1. The molecule has 1 aromatic heterocycles. The monoisotopic (exact) mass is 252 g/mol. The van der Waals surface area contributed by atoms with Crippen molar-refractivity contribution >= 4 is 17.5 Å². The largest absolute Gasteiger partial charge is 0.454 e. The summed E-state index contributed by atoms with van der Waals surface area (Å²) in [5.41, 5.74) is 7.69. The number of benzene rings is 1. The van der Waals surface area contributed by atoms with Crippen LogP contribution in [0.3, 0.4) is 0 Å². The standard InChI is InChI=1S/C11H9ClN2O3/c1-5-10(7-3-9(13)17-14-7)6(12)2-8-11(5)16-4-15-8/h2-3H,4,13H2,1H3. The third-order valence-corrected chi connectivity index (χ3v) is 2.94. The SMILES string of the molecule is Cc1c2c(cc(Cl)c1-c1cc(N)on1)OCO2. The number of anilines is 1. The summed E-state index contributed by atoms with van der Waals surface area (Å²) in [4.78, 5) is 0. The maximum Gasteiger partial charge on any atom is 0.231 e. The quantitative estimate of drug-likeness (QED) is 0.845. The third-order valence-electron chi connectivity index (χ3n) is 2.64. The van der Waals surface area contributed by atoms with E-state index in [2.05, 4.69) is 5.16 Å². The summed E-state index contributed by atoms with van der Waals surface area (Å²) in [7, 11) is 0. The van der Waals surface area contributed by atoms with Crippen molar-refractivity contribution in [1.82, 2.24) is 5.16 Å². The van der Waals surface area contributed by atoms with E-state index in [0.717, 1.165) is 11.1 Å². The number of nitrogen functional groups attached to an aromatic ring is 1. The first kappa shape index (κ1) is 10.3. The van der Waals surface area contributed by atoms with E-state index >= 15 is 0 Å². The molecule has 2 N–H and O–H groups in total. The molecular weight excluding hydrogens is 244 g/mol. The molecule has 0 saturated heterocycles. The van der Waals surface area contributed by atoms with Crippen LogP contribution >= 0.6 is 11.6 Å². The zero-order chi connectivity index (χ0) is 12.0. The number of halogens is 1. The van der Waals surface area contributed by atoms with Gasteiger partial charge in [-0.25, -0.2) is 0 Å². The molecule has 3 rings (SSSR count). The highest BCUT2D eigenvalue weighted by Crippen LogP contribution is 2.44. The van der Waals surface area contributed by atoms with E-state index in [1.165, 1.54) is 0 Å². The number of aromatic nitrogens is 1. The highest BCUT2D eigenvalue weighted by Gasteiger charge is 2.23. The minimum absolute atomic E-state index is 0.205. The molecule has 0 saturated carbocycles. The lowest BCUT2D eigenvalue weighted by Crippen LogP contribution is -1.93. The second-order valence-corrected chi connectivity index (χ2v) is 4.11. The van der Waals surface area contributed by atoms with Crippen LogP contribution in [-0.2, 0) is 0 Å². The number of ether oxygens (including phenoxy) is 2. The van der Waals surface area contributed by atoms with Gasteiger partial charge in [0, 0.05) is 23.3 Å². The van der Waals surface area contributed by atoms with Crippen molar-refractivity contribution in [2.75, 3.05) is 12.5 Å². The molecule has 0 bridgehead atoms. The summed E-state index contributed by atoms with van der Waals surface area (Å²) in [6, 6.07) is 3.33. The molecule has 5 nitrogen and oxygen atoms in total. The van der Waals surface area contributed by atoms with Crippen LogP contribution in [-0.4, -0.2) is 11.9 Å². The maximum absolute atomic E-state index is 6.20. The summed E-state index contributed by atoms with van der Waals surface area (Å²) in [6.07, 6.45) is 0. The fourth-order valence-electron chi connectivity index (χ4n) is 1.89. The van der Waals surface area contributed by atoms with E-state index in [1.807, 2.05) is 6.92 Å². The molecule has 0 radical (unpaired) electrons. The Balaban J connectivity index is 2.23. The van der Waals surface area contributed by atoms with Gasteiger partial charge >= 0.3 is 0 Å². The second kappa shape index (κ2) is 3.56. The second-order valence-electron chi connectivity index (χ2n) is 3.71. The lowest BCUT2D eigenvalue weighted by atomic mass is 10.0. The lowest BCUT2D eigenvalue weighted by molar-refractivity contribution is 0.173. The minimum Gasteiger partial charge on any atom is -0.454 e. The van der Waals surface area contributed by atoms with E-state index in [1.54, 1.807) is 12.1 Å². The minimum atomic E-state index is 0.205. The van der Waals surface area contributed by atoms with Crippen molar-refractivity contribution in [1.29, 1.82) is 0 Å². The van der Waals surface area contributed by atoms with E-state index in [0.29, 0.717) is 22.2 Å². The topological polar surface area (TPSA) is 70.5 Å². The van der Waals surface area contributed by atoms with Gasteiger partial charge in [0.15, 0.2) is 11.5 Å². The van der Waals surface area contributed by atoms with Crippen LogP contribution in [0.1, 0.15) is 5.56 Å². The molecule has 0 unspecified atom stereocenters. The lowest BCUT2D eigenvalue weighted by Gasteiger charge is -2.08. The van der Waals surface area contributed by atoms with Gasteiger partial charge in [0.25, 0.3) is 0 Å². The van der Waals surface area contributed by atoms with Gasteiger partial charge in [-0.05, 0) is 6.92 Å². The van der Waals surface area contributed by atoms with Gasteiger partial charge in [0.2, 0.25) is 12.7 Å². The van der Waals surface area contributed by atoms with Crippen LogP contribution in [0.25, 0.3) is 11.3 Å². The van der Waals surface area contributed by atoms with E-state index in [4.69, 9.17) is 31.3 Å². The van der Waals surface area contributed by atoms with Crippen molar-refractivity contribution in [3.8, 4) is 22.8 Å². The predicted molar refractivity (Wildman–Crippen MR) is 62.2 cm³/mol. The molecule has 2 aromatic rings. The van der Waals surface area contributed by atoms with Gasteiger partial charge in [0.1, 0.15) is 5.69 Å². The first-order valence-electron chi connectivity index (χ1n) is 4.98. The highest BCUT2D eigenvalue weighted by atomic mass is 35.5. The van der Waals surface area contributed by atoms with Crippen molar-refractivity contribution in [3.63, 3.8) is 0 Å². The zero-order valence-corrected chi connectivity index (χ0v) is 9.75. The Morgan fingerprint density at radius 2 is 2.18 bits per heavy atom. The molecule has 1 aromatic carbocycles. The highest BCUT2D eigenvalue weighted by molar-refractivity contribution is 6.33. The van der Waals surface area contributed by atoms with E-state index < -0.39 is 0 Å². The Morgan fingerprint density at radius 3 is 2.88 bits per heavy atom. The summed E-state index contributed by atoms with van der Waals surface area (Å²) < 4.78 is 15.5. The van der Waals surface area contributed by atoms with Gasteiger partial charge in [-0.1, -0.05) is 16.8 Å². The predicted octanol–water partition coefficient (Wildman–Crippen LogP) is 2.61. The normalized spacial score (nSPS) is 13.1. The molecule has 0 aliphatic carbocycles. The van der Waals surface area contributed by atoms with Crippen molar-refractivity contribution in [3.05, 3.63) is 22.7 Å². The molecule has 1 aliphatic rings. The zero-order valence-electron chi connectivity index (χ0n) is 8.99. The van der Waals surface area contributed by atoms with Gasteiger partial charge in [-0.2, -0.15) is 0 Å². The fraction of sp³-hybridized carbons (Fsp3) is 0.182. The molecule has 17 heavy (non-hydrogen) atoms. The Bertz CT molecular complexity index is 595. The Morgan fingerprint density at radius 1 is 1.35 bits per heavy atom. The van der Waals surface area contributed by atoms with E-state index in [-0.39, 0.29) is 12.7 Å². The summed E-state index contributed by atoms with van der Waals surface area (Å²) in [6.45, 7) is 2.09. The first-order chi connectivity index (χ1) is 8.16. The summed E-state index contributed by atoms with van der Waals surface area (Å²) in [5.74, 6) is 1.58. The Kier molecular flexibility index (Phi) is 2.16. The molecule has 0 amide bonds. The molecule has 0 spiro atoms. The number of fused-ring (bicyclic) bond motifs is 1. The molecule has 0 atom stereocenters. The van der Waals surface area contributed by atoms with Gasteiger partial charge in [-0.15, -0.1) is 0 Å². The smallest absolute Gasteiger partial charge is 0.231 e. The molecule has 6 heteroatoms. The maximum atomic E-state index is 6.20. The third kappa shape index (κ3) is 1.51. The number of hydrogen-bond donors (Lipinski definition) is 1. The van der Waals surface area contributed by atoms with Crippen LogP contribution in [0.2, 0.25) is 5.02 Å². The average Bonchev–Trinajstić information content (AvgIpc) is 2.87. The van der Waals surface area contributed by atoms with Crippen LogP contribution in [0.5, 0.6) is 11.5 Å². The van der Waals surface area contributed by atoms with Crippen molar-refractivity contribution < 1.29 is 14.0 Å². The number of hydrogen-bond acceptors (Lipinski definition) is 5. The van der Waals surface area contributed by atoms with Crippen LogP contribution in [0.15, 0.2) is 16.7 Å². The van der Waals surface area contributed by atoms with Gasteiger partial charge in [-0.3, -0.25) is 0 Å². The number of rotatable bonds is 1. The Labute approximate surface area is 102 Å². The van der Waals surface area contributed by atoms with Gasteiger partial charge < -0.3 is 19.7 Å². The average molecular weight is 253 g/mol. The van der Waals surface area contributed by atoms with Crippen LogP contribution in [0, 0.1) is 6.92 Å². The first-order valence-corrected chi connectivity index (χ1v) is 5.36. The molecule has 0 fully saturated rings. The van der Waals surface area contributed by atoms with Gasteiger partial charge in [0.05, 0.1) is 5.02 Å². The van der Waals surface area contributed by atoms with Crippen LogP contribution in [0.4, 0.5) is 5.88 Å². The molecule has 2 heterocycles. The van der Waals surface area contributed by atoms with Crippen molar-refractivity contribution in [2.45, 2.75) is 6.92 Å². The molecular formula is C11H9ClN2O3. The van der Waals surface area contributed by atoms with Crippen molar-refractivity contribution in [2.24, 2.45) is 0 Å².